The Kier molecular flexibility index (Phi) is 13.7. The molecule has 0 radical (unpaired) electrons. The number of hydrogen-bond acceptors (Lipinski definition) is 10. The first-order valence-corrected chi connectivity index (χ1v) is 21.0. The summed E-state index contributed by atoms with van der Waals surface area (Å²) in [6, 6.07) is 61.4. The minimum absolute atomic E-state index is 0.185. The Balaban J connectivity index is 0.000000181. The Morgan fingerprint density at radius 3 is 1.18 bits per heavy atom. The number of rotatable bonds is 14. The van der Waals surface area contributed by atoms with Crippen molar-refractivity contribution in [2.75, 3.05) is 25.7 Å². The van der Waals surface area contributed by atoms with E-state index in [1.54, 1.807) is 11.0 Å². The molecule has 0 unspecified atom stereocenters. The van der Waals surface area contributed by atoms with Gasteiger partial charge in [-0.15, -0.1) is 10.2 Å². The molecule has 2 aromatic heterocycles. The largest absolute Gasteiger partial charge is 0.468 e. The second kappa shape index (κ2) is 19.8. The van der Waals surface area contributed by atoms with Gasteiger partial charge in [0.25, 0.3) is 0 Å². The Bertz CT molecular complexity index is 2190. The maximum Gasteiger partial charge on any atom is 0.316 e. The first kappa shape index (κ1) is 41.4. The summed E-state index contributed by atoms with van der Waals surface area (Å²) >= 11 is 2.61. The molecule has 10 nitrogen and oxygen atoms in total. The van der Waals surface area contributed by atoms with Crippen LogP contribution in [-0.4, -0.2) is 67.7 Å². The van der Waals surface area contributed by atoms with Crippen LogP contribution in [0.3, 0.4) is 0 Å². The number of nitrogens with zero attached hydrogens (tertiary/aromatic N) is 6. The highest BCUT2D eigenvalue weighted by Crippen LogP contribution is 2.42. The number of thioether (sulfide) groups is 2. The molecule has 0 saturated heterocycles. The van der Waals surface area contributed by atoms with E-state index >= 15 is 0 Å². The average Bonchev–Trinajstić information content (AvgIpc) is 4.01. The lowest BCUT2D eigenvalue weighted by Gasteiger charge is -2.35. The molecule has 0 saturated carbocycles. The number of ether oxygens (including phenoxy) is 2. The third-order valence-electron chi connectivity index (χ3n) is 9.87. The van der Waals surface area contributed by atoms with Crippen molar-refractivity contribution in [2.45, 2.75) is 21.1 Å². The number of carbonyl (C=O) groups excluding carboxylic acids is 2. The van der Waals surface area contributed by atoms with Crippen LogP contribution in [0.15, 0.2) is 204 Å². The van der Waals surface area contributed by atoms with E-state index < -0.39 is 11.1 Å². The lowest BCUT2D eigenvalue weighted by Crippen LogP contribution is -2.39. The van der Waals surface area contributed by atoms with Crippen LogP contribution in [-0.2, 0) is 30.1 Å². The van der Waals surface area contributed by atoms with Gasteiger partial charge in [0, 0.05) is 0 Å². The van der Waals surface area contributed by atoms with Crippen molar-refractivity contribution in [2.24, 2.45) is 0 Å². The van der Waals surface area contributed by atoms with Crippen LogP contribution < -0.4 is 0 Å². The van der Waals surface area contributed by atoms with Crippen LogP contribution in [0.1, 0.15) is 33.4 Å². The molecule has 0 bridgehead atoms. The predicted octanol–water partition coefficient (Wildman–Crippen LogP) is 8.77. The average molecular weight is 831 g/mol. The fourth-order valence-electron chi connectivity index (χ4n) is 7.16. The molecule has 2 heterocycles. The van der Waals surface area contributed by atoms with Crippen molar-refractivity contribution in [3.63, 3.8) is 0 Å². The first-order chi connectivity index (χ1) is 29.5. The summed E-state index contributed by atoms with van der Waals surface area (Å²) in [5.41, 5.74) is 4.87. The van der Waals surface area contributed by atoms with E-state index in [2.05, 4.69) is 88.2 Å². The van der Waals surface area contributed by atoms with Gasteiger partial charge in [-0.3, -0.25) is 9.59 Å². The van der Waals surface area contributed by atoms with Gasteiger partial charge in [-0.05, 0) is 33.4 Å². The van der Waals surface area contributed by atoms with Crippen molar-refractivity contribution in [1.82, 2.24) is 30.0 Å². The van der Waals surface area contributed by atoms with Gasteiger partial charge in [-0.2, -0.15) is 9.90 Å². The molecular weight excluding hydrogens is 789 g/mol. The smallest absolute Gasteiger partial charge is 0.316 e. The van der Waals surface area contributed by atoms with Gasteiger partial charge in [0.05, 0.1) is 38.1 Å². The number of aromatic nitrogens is 6. The lowest BCUT2D eigenvalue weighted by molar-refractivity contribution is -0.138. The standard InChI is InChI=1S/2C24H21N3O2S/c1-29-23(28)18-30-22-17-27(26-25-22)24(19-11-5-2-6-12-19,20-13-7-3-8-14-20)21-15-9-4-10-16-21;1-29-23(28)18-30-22-17-25-27(26-22)24(19-11-5-2-6-12-19,20-13-7-3-8-14-20)21-15-9-4-10-16-21/h2*2-17H,18H2,1H3. The van der Waals surface area contributed by atoms with E-state index in [-0.39, 0.29) is 23.4 Å². The topological polar surface area (TPSA) is 114 Å². The normalized spacial score (nSPS) is 11.2. The Morgan fingerprint density at radius 1 is 0.500 bits per heavy atom. The minimum atomic E-state index is -0.756. The molecule has 0 spiro atoms. The van der Waals surface area contributed by atoms with E-state index in [0.29, 0.717) is 10.1 Å². The molecule has 0 atom stereocenters. The highest BCUT2D eigenvalue weighted by Gasteiger charge is 2.41. The number of hydrogen-bond donors (Lipinski definition) is 0. The summed E-state index contributed by atoms with van der Waals surface area (Å²) in [5, 5.41) is 19.6. The highest BCUT2D eigenvalue weighted by molar-refractivity contribution is 8.00. The molecule has 0 fully saturated rings. The predicted molar refractivity (Wildman–Crippen MR) is 235 cm³/mol. The summed E-state index contributed by atoms with van der Waals surface area (Å²) in [6.45, 7) is 0. The third-order valence-corrected chi connectivity index (χ3v) is 11.6. The number of methoxy groups -OCH3 is 2. The van der Waals surface area contributed by atoms with Crippen LogP contribution in [0.5, 0.6) is 0 Å². The van der Waals surface area contributed by atoms with Crippen LogP contribution in [0, 0.1) is 0 Å². The second-order valence-corrected chi connectivity index (χ2v) is 15.3. The van der Waals surface area contributed by atoms with Gasteiger partial charge in [0.1, 0.15) is 15.6 Å². The third kappa shape index (κ3) is 8.80. The number of carbonyl (C=O) groups is 2. The Labute approximate surface area is 357 Å². The van der Waals surface area contributed by atoms with E-state index in [4.69, 9.17) is 14.6 Å². The molecule has 0 aliphatic carbocycles. The fraction of sp³-hybridized carbons (Fsp3) is 0.125. The molecule has 300 valence electrons. The van der Waals surface area contributed by atoms with Crippen LogP contribution >= 0.6 is 23.5 Å². The molecule has 0 aliphatic rings. The summed E-state index contributed by atoms with van der Waals surface area (Å²) in [7, 11) is 2.76. The maximum absolute atomic E-state index is 11.6. The lowest BCUT2D eigenvalue weighted by atomic mass is 9.77. The van der Waals surface area contributed by atoms with Crippen molar-refractivity contribution >= 4 is 35.5 Å². The van der Waals surface area contributed by atoms with E-state index in [0.717, 1.165) is 33.4 Å². The zero-order valence-corrected chi connectivity index (χ0v) is 34.7. The van der Waals surface area contributed by atoms with Crippen molar-refractivity contribution in [1.29, 1.82) is 0 Å². The maximum atomic E-state index is 11.6. The first-order valence-electron chi connectivity index (χ1n) is 19.1. The molecule has 12 heteroatoms. The van der Waals surface area contributed by atoms with Crippen molar-refractivity contribution < 1.29 is 19.1 Å². The van der Waals surface area contributed by atoms with Crippen LogP contribution in [0.4, 0.5) is 0 Å². The molecule has 0 amide bonds. The second-order valence-electron chi connectivity index (χ2n) is 13.3. The van der Waals surface area contributed by atoms with Gasteiger partial charge in [0.15, 0.2) is 5.54 Å². The fourth-order valence-corrected chi connectivity index (χ4v) is 8.45. The van der Waals surface area contributed by atoms with Gasteiger partial charge >= 0.3 is 11.9 Å². The van der Waals surface area contributed by atoms with Gasteiger partial charge in [-0.25, -0.2) is 4.68 Å². The molecule has 6 aromatic carbocycles. The van der Waals surface area contributed by atoms with Gasteiger partial charge in [-0.1, -0.05) is 211 Å². The zero-order chi connectivity index (χ0) is 41.6. The van der Waals surface area contributed by atoms with Crippen molar-refractivity contribution in [3.05, 3.63) is 228 Å². The summed E-state index contributed by atoms with van der Waals surface area (Å²) in [6.07, 6.45) is 3.58. The number of esters is 2. The molecule has 60 heavy (non-hydrogen) atoms. The monoisotopic (exact) mass is 830 g/mol. The van der Waals surface area contributed by atoms with Crippen LogP contribution in [0.2, 0.25) is 0 Å². The zero-order valence-electron chi connectivity index (χ0n) is 33.0. The number of benzene rings is 6. The van der Waals surface area contributed by atoms with Gasteiger partial charge < -0.3 is 9.47 Å². The Morgan fingerprint density at radius 2 is 0.833 bits per heavy atom. The molecule has 8 aromatic rings. The summed E-state index contributed by atoms with van der Waals surface area (Å²) in [4.78, 5) is 24.9. The quantitative estimate of drug-likeness (QED) is 0.0599. The van der Waals surface area contributed by atoms with Crippen LogP contribution in [0.25, 0.3) is 0 Å². The van der Waals surface area contributed by atoms with Gasteiger partial charge in [0.2, 0.25) is 0 Å². The van der Waals surface area contributed by atoms with E-state index in [1.807, 2.05) is 120 Å². The molecule has 8 rings (SSSR count). The summed E-state index contributed by atoms with van der Waals surface area (Å²) in [5.74, 6) is -0.223. The van der Waals surface area contributed by atoms with E-state index in [9.17, 15) is 9.59 Å². The molecule has 0 N–H and O–H groups in total. The highest BCUT2D eigenvalue weighted by atomic mass is 32.2. The van der Waals surface area contributed by atoms with Crippen molar-refractivity contribution in [3.8, 4) is 0 Å². The Hall–Kier alpha value is -6.76. The molecular formula is C48H42N6O4S2. The SMILES string of the molecule is COC(=O)CSc1cn(C(c2ccccc2)(c2ccccc2)c2ccccc2)nn1.COC(=O)CSc1cnn(C(c2ccccc2)(c2ccccc2)c2ccccc2)n1. The summed E-state index contributed by atoms with van der Waals surface area (Å²) < 4.78 is 11.4. The van der Waals surface area contributed by atoms with E-state index in [1.165, 1.54) is 37.7 Å². The molecule has 0 aliphatic heterocycles. The minimum Gasteiger partial charge on any atom is -0.468 e.